The van der Waals surface area contributed by atoms with Gasteiger partial charge in [0, 0.05) is 29.2 Å². The molecule has 0 spiro atoms. The van der Waals surface area contributed by atoms with Crippen LogP contribution in [0.1, 0.15) is 36.5 Å². The maximum absolute atomic E-state index is 11.9. The summed E-state index contributed by atoms with van der Waals surface area (Å²) in [5.74, 6) is 0.0178. The molecule has 1 aromatic carbocycles. The molecule has 0 radical (unpaired) electrons. The van der Waals surface area contributed by atoms with Crippen molar-refractivity contribution < 1.29 is 4.79 Å². The number of rotatable bonds is 5. The van der Waals surface area contributed by atoms with Gasteiger partial charge in [-0.05, 0) is 30.7 Å². The molecule has 3 nitrogen and oxygen atoms in total. The Labute approximate surface area is 101 Å². The molecule has 2 rings (SSSR count). The van der Waals surface area contributed by atoms with Gasteiger partial charge < -0.3 is 10.3 Å². The van der Waals surface area contributed by atoms with Crippen molar-refractivity contribution in [3.8, 4) is 0 Å². The predicted octanol–water partition coefficient (Wildman–Crippen LogP) is 3.09. The van der Waals surface area contributed by atoms with Gasteiger partial charge in [0.25, 0.3) is 5.91 Å². The van der Waals surface area contributed by atoms with E-state index in [2.05, 4.69) is 17.2 Å². The van der Waals surface area contributed by atoms with E-state index >= 15 is 0 Å². The van der Waals surface area contributed by atoms with E-state index in [0.717, 1.165) is 35.9 Å². The molecule has 0 saturated heterocycles. The SMILES string of the molecule is CCCCCNC(=O)c1ccc2[nH]ccc2c1. The highest BCUT2D eigenvalue weighted by atomic mass is 16.1. The van der Waals surface area contributed by atoms with Crippen LogP contribution in [0, 0.1) is 0 Å². The van der Waals surface area contributed by atoms with Gasteiger partial charge in [-0.2, -0.15) is 0 Å². The first-order chi connectivity index (χ1) is 8.31. The van der Waals surface area contributed by atoms with Gasteiger partial charge in [-0.15, -0.1) is 0 Å². The molecular weight excluding hydrogens is 212 g/mol. The van der Waals surface area contributed by atoms with Gasteiger partial charge in [0.2, 0.25) is 0 Å². The minimum Gasteiger partial charge on any atom is -0.361 e. The number of nitrogens with one attached hydrogen (secondary N) is 2. The Morgan fingerprint density at radius 1 is 1.29 bits per heavy atom. The van der Waals surface area contributed by atoms with Crippen LogP contribution in [0.15, 0.2) is 30.5 Å². The lowest BCUT2D eigenvalue weighted by molar-refractivity contribution is 0.0953. The van der Waals surface area contributed by atoms with E-state index in [-0.39, 0.29) is 5.91 Å². The third-order valence-electron chi connectivity index (χ3n) is 2.88. The summed E-state index contributed by atoms with van der Waals surface area (Å²) in [5.41, 5.74) is 1.79. The first kappa shape index (κ1) is 11.7. The summed E-state index contributed by atoms with van der Waals surface area (Å²) in [4.78, 5) is 15.0. The molecule has 0 fully saturated rings. The largest absolute Gasteiger partial charge is 0.361 e. The van der Waals surface area contributed by atoms with Crippen molar-refractivity contribution in [1.82, 2.24) is 10.3 Å². The van der Waals surface area contributed by atoms with Crippen LogP contribution in [0.3, 0.4) is 0 Å². The summed E-state index contributed by atoms with van der Waals surface area (Å²) in [6.45, 7) is 2.92. The zero-order valence-electron chi connectivity index (χ0n) is 10.1. The van der Waals surface area contributed by atoms with E-state index in [1.807, 2.05) is 30.5 Å². The van der Waals surface area contributed by atoms with Crippen molar-refractivity contribution in [3.05, 3.63) is 36.0 Å². The molecule has 1 aromatic heterocycles. The number of carbonyl (C=O) groups is 1. The zero-order valence-corrected chi connectivity index (χ0v) is 10.1. The van der Waals surface area contributed by atoms with Crippen molar-refractivity contribution in [2.24, 2.45) is 0 Å². The molecule has 0 atom stereocenters. The maximum Gasteiger partial charge on any atom is 0.251 e. The predicted molar refractivity (Wildman–Crippen MR) is 70.2 cm³/mol. The van der Waals surface area contributed by atoms with Crippen LogP contribution in [-0.4, -0.2) is 17.4 Å². The second-order valence-electron chi connectivity index (χ2n) is 4.24. The normalized spacial score (nSPS) is 10.6. The second kappa shape index (κ2) is 5.53. The highest BCUT2D eigenvalue weighted by Gasteiger charge is 2.05. The molecule has 2 aromatic rings. The number of aromatic nitrogens is 1. The summed E-state index contributed by atoms with van der Waals surface area (Å²) < 4.78 is 0. The fraction of sp³-hybridized carbons (Fsp3) is 0.357. The van der Waals surface area contributed by atoms with Crippen molar-refractivity contribution in [2.45, 2.75) is 26.2 Å². The van der Waals surface area contributed by atoms with Crippen LogP contribution in [0.4, 0.5) is 0 Å². The molecule has 1 amide bonds. The summed E-state index contributed by atoms with van der Waals surface area (Å²) >= 11 is 0. The molecule has 3 heteroatoms. The average Bonchev–Trinajstić information content (AvgIpc) is 2.81. The number of benzene rings is 1. The fourth-order valence-corrected chi connectivity index (χ4v) is 1.87. The number of hydrogen-bond donors (Lipinski definition) is 2. The number of H-pyrrole nitrogens is 1. The molecule has 0 bridgehead atoms. The van der Waals surface area contributed by atoms with Crippen molar-refractivity contribution in [3.63, 3.8) is 0 Å². The van der Waals surface area contributed by atoms with Gasteiger partial charge in [-0.1, -0.05) is 19.8 Å². The van der Waals surface area contributed by atoms with Gasteiger partial charge in [-0.3, -0.25) is 4.79 Å². The molecule has 0 aliphatic heterocycles. The number of hydrogen-bond acceptors (Lipinski definition) is 1. The minimum absolute atomic E-state index is 0.0178. The standard InChI is InChI=1S/C14H18N2O/c1-2-3-4-8-16-14(17)12-5-6-13-11(10-12)7-9-15-13/h5-7,9-10,15H,2-4,8H2,1H3,(H,16,17). The lowest BCUT2D eigenvalue weighted by Crippen LogP contribution is -2.24. The number of aromatic amines is 1. The quantitative estimate of drug-likeness (QED) is 0.762. The number of amides is 1. The van der Waals surface area contributed by atoms with E-state index in [1.165, 1.54) is 6.42 Å². The highest BCUT2D eigenvalue weighted by molar-refractivity contribution is 5.98. The summed E-state index contributed by atoms with van der Waals surface area (Å²) in [6.07, 6.45) is 5.27. The molecule has 0 saturated carbocycles. The van der Waals surface area contributed by atoms with Crippen LogP contribution in [-0.2, 0) is 0 Å². The molecular formula is C14H18N2O. The maximum atomic E-state index is 11.9. The van der Waals surface area contributed by atoms with E-state index in [0.29, 0.717) is 0 Å². The van der Waals surface area contributed by atoms with E-state index in [4.69, 9.17) is 0 Å². The van der Waals surface area contributed by atoms with E-state index in [9.17, 15) is 4.79 Å². The molecule has 17 heavy (non-hydrogen) atoms. The summed E-state index contributed by atoms with van der Waals surface area (Å²) in [7, 11) is 0. The Morgan fingerprint density at radius 2 is 2.18 bits per heavy atom. The van der Waals surface area contributed by atoms with Crippen LogP contribution < -0.4 is 5.32 Å². The first-order valence-corrected chi connectivity index (χ1v) is 6.16. The zero-order chi connectivity index (χ0) is 12.1. The Balaban J connectivity index is 1.98. The Hall–Kier alpha value is -1.77. The van der Waals surface area contributed by atoms with Gasteiger partial charge in [-0.25, -0.2) is 0 Å². The Morgan fingerprint density at radius 3 is 3.00 bits per heavy atom. The van der Waals surface area contributed by atoms with Crippen molar-refractivity contribution >= 4 is 16.8 Å². The average molecular weight is 230 g/mol. The van der Waals surface area contributed by atoms with Crippen LogP contribution >= 0.6 is 0 Å². The smallest absolute Gasteiger partial charge is 0.251 e. The van der Waals surface area contributed by atoms with Gasteiger partial charge in [0.15, 0.2) is 0 Å². The van der Waals surface area contributed by atoms with Crippen LogP contribution in [0.5, 0.6) is 0 Å². The van der Waals surface area contributed by atoms with Gasteiger partial charge in [0.1, 0.15) is 0 Å². The van der Waals surface area contributed by atoms with Crippen molar-refractivity contribution in [1.29, 1.82) is 0 Å². The lowest BCUT2D eigenvalue weighted by atomic mass is 10.1. The van der Waals surface area contributed by atoms with E-state index < -0.39 is 0 Å². The molecule has 0 aliphatic carbocycles. The first-order valence-electron chi connectivity index (χ1n) is 6.16. The Bertz CT molecular complexity index is 502. The summed E-state index contributed by atoms with van der Waals surface area (Å²) in [5, 5.41) is 4.02. The third-order valence-corrected chi connectivity index (χ3v) is 2.88. The molecule has 1 heterocycles. The van der Waals surface area contributed by atoms with E-state index in [1.54, 1.807) is 0 Å². The minimum atomic E-state index is 0.0178. The molecule has 0 unspecified atom stereocenters. The van der Waals surface area contributed by atoms with Gasteiger partial charge in [0.05, 0.1) is 0 Å². The van der Waals surface area contributed by atoms with Crippen LogP contribution in [0.25, 0.3) is 10.9 Å². The Kier molecular flexibility index (Phi) is 3.81. The molecule has 90 valence electrons. The molecule has 2 N–H and O–H groups in total. The number of unbranched alkanes of at least 4 members (excludes halogenated alkanes) is 2. The van der Waals surface area contributed by atoms with Gasteiger partial charge >= 0.3 is 0 Å². The number of fused-ring (bicyclic) bond motifs is 1. The number of carbonyl (C=O) groups excluding carboxylic acids is 1. The third kappa shape index (κ3) is 2.87. The summed E-state index contributed by atoms with van der Waals surface area (Å²) in [6, 6.07) is 7.69. The van der Waals surface area contributed by atoms with Crippen molar-refractivity contribution in [2.75, 3.05) is 6.54 Å². The lowest BCUT2D eigenvalue weighted by Gasteiger charge is -2.04. The highest BCUT2D eigenvalue weighted by Crippen LogP contribution is 2.14. The molecule has 0 aliphatic rings. The topological polar surface area (TPSA) is 44.9 Å². The fourth-order valence-electron chi connectivity index (χ4n) is 1.87. The second-order valence-corrected chi connectivity index (χ2v) is 4.24. The van der Waals surface area contributed by atoms with Crippen LogP contribution in [0.2, 0.25) is 0 Å². The monoisotopic (exact) mass is 230 g/mol.